The van der Waals surface area contributed by atoms with Crippen molar-refractivity contribution in [3.8, 4) is 0 Å². The lowest BCUT2D eigenvalue weighted by Crippen LogP contribution is -2.15. The van der Waals surface area contributed by atoms with Gasteiger partial charge in [-0.15, -0.1) is 10.2 Å². The number of carboxylic acid groups (broad SMARTS) is 1. The maximum atomic E-state index is 10.6. The number of aliphatic carboxylic acids is 1. The molecule has 12 heavy (non-hydrogen) atoms. The first-order chi connectivity index (χ1) is 5.68. The zero-order valence-electron chi connectivity index (χ0n) is 6.69. The van der Waals surface area contributed by atoms with Crippen molar-refractivity contribution in [3.05, 3.63) is 11.6 Å². The molecule has 1 aromatic rings. The predicted octanol–water partition coefficient (Wildman–Crippen LogP) is -0.157. The molecular weight excluding hydrogens is 158 g/mol. The van der Waals surface area contributed by atoms with E-state index < -0.39 is 5.97 Å². The lowest BCUT2D eigenvalue weighted by atomic mass is 10.1. The second-order valence-corrected chi connectivity index (χ2v) is 3.01. The van der Waals surface area contributed by atoms with Crippen molar-refractivity contribution in [2.24, 2.45) is 5.92 Å². The van der Waals surface area contributed by atoms with Crippen molar-refractivity contribution in [1.82, 2.24) is 14.8 Å². The molecule has 2 heterocycles. The quantitative estimate of drug-likeness (QED) is 0.631. The van der Waals surface area contributed by atoms with E-state index in [0.29, 0.717) is 13.0 Å². The smallest absolute Gasteiger partial charge is 0.308 e. The third kappa shape index (κ3) is 0.895. The average Bonchev–Trinajstić information content (AvgIpc) is 2.53. The van der Waals surface area contributed by atoms with Gasteiger partial charge in [0.05, 0.1) is 5.92 Å². The number of hydrogen-bond acceptors (Lipinski definition) is 3. The van der Waals surface area contributed by atoms with E-state index in [9.17, 15) is 4.79 Å². The van der Waals surface area contributed by atoms with Gasteiger partial charge < -0.3 is 9.67 Å². The van der Waals surface area contributed by atoms with E-state index in [1.54, 1.807) is 0 Å². The van der Waals surface area contributed by atoms with Gasteiger partial charge in [0.25, 0.3) is 0 Å². The van der Waals surface area contributed by atoms with E-state index in [2.05, 4.69) is 10.2 Å². The monoisotopic (exact) mass is 167 g/mol. The first-order valence-corrected chi connectivity index (χ1v) is 3.80. The highest BCUT2D eigenvalue weighted by Crippen LogP contribution is 2.19. The van der Waals surface area contributed by atoms with E-state index in [1.807, 2.05) is 11.5 Å². The van der Waals surface area contributed by atoms with Crippen LogP contribution in [0.1, 0.15) is 11.6 Å². The number of carbonyl (C=O) groups is 1. The molecule has 5 nitrogen and oxygen atoms in total. The van der Waals surface area contributed by atoms with E-state index >= 15 is 0 Å². The Morgan fingerprint density at radius 3 is 3.00 bits per heavy atom. The van der Waals surface area contributed by atoms with Crippen molar-refractivity contribution in [2.75, 3.05) is 0 Å². The number of rotatable bonds is 1. The van der Waals surface area contributed by atoms with Gasteiger partial charge in [-0.1, -0.05) is 0 Å². The Morgan fingerprint density at radius 2 is 2.42 bits per heavy atom. The van der Waals surface area contributed by atoms with Gasteiger partial charge in [-0.05, 0) is 6.92 Å². The van der Waals surface area contributed by atoms with E-state index in [-0.39, 0.29) is 5.92 Å². The zero-order valence-corrected chi connectivity index (χ0v) is 6.69. The topological polar surface area (TPSA) is 68.0 Å². The summed E-state index contributed by atoms with van der Waals surface area (Å²) in [5.74, 6) is 0.530. The van der Waals surface area contributed by atoms with Crippen LogP contribution in [0.25, 0.3) is 0 Å². The van der Waals surface area contributed by atoms with Crippen LogP contribution in [0.2, 0.25) is 0 Å². The fraction of sp³-hybridized carbons (Fsp3) is 0.571. The Labute approximate surface area is 69.0 Å². The van der Waals surface area contributed by atoms with Crippen molar-refractivity contribution < 1.29 is 9.90 Å². The predicted molar refractivity (Wildman–Crippen MR) is 39.6 cm³/mol. The molecule has 5 heteroatoms. The van der Waals surface area contributed by atoms with Gasteiger partial charge in [0, 0.05) is 13.0 Å². The molecule has 1 N–H and O–H groups in total. The molecule has 0 bridgehead atoms. The first kappa shape index (κ1) is 7.27. The van der Waals surface area contributed by atoms with E-state index in [4.69, 9.17) is 5.11 Å². The molecule has 0 amide bonds. The molecule has 1 atom stereocenters. The number of nitrogens with zero attached hydrogens (tertiary/aromatic N) is 3. The Hall–Kier alpha value is -1.39. The lowest BCUT2D eigenvalue weighted by molar-refractivity contribution is -0.141. The molecule has 0 aromatic carbocycles. The number of hydrogen-bond donors (Lipinski definition) is 1. The average molecular weight is 167 g/mol. The minimum Gasteiger partial charge on any atom is -0.481 e. The van der Waals surface area contributed by atoms with Gasteiger partial charge in [0.15, 0.2) is 0 Å². The second-order valence-electron chi connectivity index (χ2n) is 3.01. The van der Waals surface area contributed by atoms with Gasteiger partial charge in [0.2, 0.25) is 0 Å². The molecule has 1 aliphatic heterocycles. The number of aryl methyl sites for hydroxylation is 1. The Kier molecular flexibility index (Phi) is 1.39. The van der Waals surface area contributed by atoms with Gasteiger partial charge in [-0.25, -0.2) is 0 Å². The molecule has 0 radical (unpaired) electrons. The number of fused-ring (bicyclic) bond motifs is 1. The highest BCUT2D eigenvalue weighted by Gasteiger charge is 2.29. The Morgan fingerprint density at radius 1 is 1.67 bits per heavy atom. The highest BCUT2D eigenvalue weighted by atomic mass is 16.4. The van der Waals surface area contributed by atoms with Crippen LogP contribution in [0.4, 0.5) is 0 Å². The number of aromatic nitrogens is 3. The van der Waals surface area contributed by atoms with Crippen LogP contribution in [0.3, 0.4) is 0 Å². The summed E-state index contributed by atoms with van der Waals surface area (Å²) in [7, 11) is 0. The van der Waals surface area contributed by atoms with Crippen LogP contribution in [-0.2, 0) is 17.8 Å². The van der Waals surface area contributed by atoms with Gasteiger partial charge in [-0.2, -0.15) is 0 Å². The minimum atomic E-state index is -0.750. The molecule has 0 spiro atoms. The standard InChI is InChI=1S/C7H9N3O2/c1-4-8-9-6-2-5(7(11)12)3-10(4)6/h5H,2-3H2,1H3,(H,11,12)/t5-/m1/s1. The third-order valence-electron chi connectivity index (χ3n) is 2.19. The molecular formula is C7H9N3O2. The first-order valence-electron chi connectivity index (χ1n) is 3.80. The normalized spacial score (nSPS) is 20.9. The Balaban J connectivity index is 2.28. The molecule has 0 aliphatic carbocycles. The van der Waals surface area contributed by atoms with E-state index in [1.165, 1.54) is 0 Å². The molecule has 1 aliphatic rings. The fourth-order valence-electron chi connectivity index (χ4n) is 1.48. The van der Waals surface area contributed by atoms with Crippen molar-refractivity contribution in [1.29, 1.82) is 0 Å². The van der Waals surface area contributed by atoms with Crippen LogP contribution < -0.4 is 0 Å². The summed E-state index contributed by atoms with van der Waals surface area (Å²) in [6.07, 6.45) is 0.510. The van der Waals surface area contributed by atoms with Crippen molar-refractivity contribution in [2.45, 2.75) is 19.9 Å². The van der Waals surface area contributed by atoms with Crippen LogP contribution >= 0.6 is 0 Å². The second kappa shape index (κ2) is 2.30. The summed E-state index contributed by atoms with van der Waals surface area (Å²) in [5, 5.41) is 16.5. The van der Waals surface area contributed by atoms with Gasteiger partial charge in [-0.3, -0.25) is 4.79 Å². The summed E-state index contributed by atoms with van der Waals surface area (Å²) in [6, 6.07) is 0. The van der Waals surface area contributed by atoms with Crippen LogP contribution in [0.5, 0.6) is 0 Å². The van der Waals surface area contributed by atoms with Gasteiger partial charge >= 0.3 is 5.97 Å². The Bertz CT molecular complexity index is 331. The van der Waals surface area contributed by atoms with Gasteiger partial charge in [0.1, 0.15) is 11.6 Å². The van der Waals surface area contributed by atoms with Crippen LogP contribution in [-0.4, -0.2) is 25.8 Å². The maximum absolute atomic E-state index is 10.6. The molecule has 0 fully saturated rings. The summed E-state index contributed by atoms with van der Waals surface area (Å²) in [4.78, 5) is 10.6. The zero-order chi connectivity index (χ0) is 8.72. The lowest BCUT2D eigenvalue weighted by Gasteiger charge is -2.00. The highest BCUT2D eigenvalue weighted by molar-refractivity contribution is 5.70. The maximum Gasteiger partial charge on any atom is 0.308 e. The SMILES string of the molecule is Cc1nnc2n1C[C@H](C(=O)O)C2. The van der Waals surface area contributed by atoms with Crippen molar-refractivity contribution in [3.63, 3.8) is 0 Å². The molecule has 0 unspecified atom stereocenters. The fourth-order valence-corrected chi connectivity index (χ4v) is 1.48. The molecule has 64 valence electrons. The summed E-state index contributed by atoms with van der Waals surface area (Å²) in [6.45, 7) is 2.35. The summed E-state index contributed by atoms with van der Waals surface area (Å²) in [5.41, 5.74) is 0. The van der Waals surface area contributed by atoms with Crippen LogP contribution in [0, 0.1) is 12.8 Å². The largest absolute Gasteiger partial charge is 0.481 e. The molecule has 1 aromatic heterocycles. The number of carboxylic acids is 1. The minimum absolute atomic E-state index is 0.311. The van der Waals surface area contributed by atoms with Crippen molar-refractivity contribution >= 4 is 5.97 Å². The summed E-state index contributed by atoms with van der Waals surface area (Å²) >= 11 is 0. The molecule has 2 rings (SSSR count). The van der Waals surface area contributed by atoms with E-state index in [0.717, 1.165) is 11.6 Å². The third-order valence-corrected chi connectivity index (χ3v) is 2.19. The molecule has 0 saturated heterocycles. The molecule has 0 saturated carbocycles. The van der Waals surface area contributed by atoms with Crippen LogP contribution in [0.15, 0.2) is 0 Å². The summed E-state index contributed by atoms with van der Waals surface area (Å²) < 4.78 is 1.86.